The Kier molecular flexibility index (Phi) is 6.94. The summed E-state index contributed by atoms with van der Waals surface area (Å²) in [5.74, 6) is -0.591. The number of esters is 1. The summed E-state index contributed by atoms with van der Waals surface area (Å²) in [7, 11) is 0. The van der Waals surface area contributed by atoms with Gasteiger partial charge < -0.3 is 14.8 Å². The van der Waals surface area contributed by atoms with Gasteiger partial charge in [0.1, 0.15) is 18.2 Å². The maximum Gasteiger partial charge on any atom is 0.407 e. The smallest absolute Gasteiger partial charge is 0.407 e. The van der Waals surface area contributed by atoms with Crippen LogP contribution in [0.2, 0.25) is 5.02 Å². The summed E-state index contributed by atoms with van der Waals surface area (Å²) in [6.07, 6.45) is -0.431. The van der Waals surface area contributed by atoms with E-state index < -0.39 is 23.7 Å². The molecule has 176 valence electrons. The lowest BCUT2D eigenvalue weighted by molar-refractivity contribution is -0.157. The normalized spacial score (nSPS) is 13.5. The minimum atomic E-state index is -0.909. The maximum atomic E-state index is 12.8. The van der Waals surface area contributed by atoms with Crippen molar-refractivity contribution in [2.45, 2.75) is 44.8 Å². The van der Waals surface area contributed by atoms with Gasteiger partial charge in [0.25, 0.3) is 0 Å². The van der Waals surface area contributed by atoms with Crippen LogP contribution in [-0.2, 0) is 20.7 Å². The molecule has 0 spiro atoms. The predicted octanol–water partition coefficient (Wildman–Crippen LogP) is 6.13. The average Bonchev–Trinajstić information content (AvgIpc) is 3.10. The van der Waals surface area contributed by atoms with E-state index in [1.165, 1.54) is 0 Å². The van der Waals surface area contributed by atoms with Gasteiger partial charge in [-0.2, -0.15) is 0 Å². The molecule has 0 saturated carbocycles. The summed E-state index contributed by atoms with van der Waals surface area (Å²) in [5, 5.41) is 3.26. The third-order valence-corrected chi connectivity index (χ3v) is 5.89. The molecule has 0 aliphatic heterocycles. The van der Waals surface area contributed by atoms with Crippen molar-refractivity contribution in [3.05, 3.63) is 94.5 Å². The van der Waals surface area contributed by atoms with Gasteiger partial charge in [0.2, 0.25) is 0 Å². The standard InChI is InChI=1S/C28H28ClNO4/c1-28(2,3)34-26(31)25(16-18-9-8-10-19(29)15-18)30-27(32)33-17-24-22-13-6-4-11-20(22)21-12-5-7-14-23(21)24/h4-15,24-25H,16-17H2,1-3H3,(H,30,32). The topological polar surface area (TPSA) is 64.6 Å². The molecule has 0 fully saturated rings. The Morgan fingerprint density at radius 2 is 1.56 bits per heavy atom. The highest BCUT2D eigenvalue weighted by Crippen LogP contribution is 2.44. The Labute approximate surface area is 205 Å². The van der Waals surface area contributed by atoms with Gasteiger partial charge in [-0.05, 0) is 60.7 Å². The van der Waals surface area contributed by atoms with Crippen LogP contribution in [0.5, 0.6) is 0 Å². The third kappa shape index (κ3) is 5.60. The second-order valence-electron chi connectivity index (χ2n) is 9.39. The first kappa shape index (κ1) is 23.8. The monoisotopic (exact) mass is 477 g/mol. The Morgan fingerprint density at radius 3 is 2.15 bits per heavy atom. The molecular formula is C28H28ClNO4. The number of rotatable bonds is 6. The number of halogens is 1. The van der Waals surface area contributed by atoms with Crippen LogP contribution in [0, 0.1) is 0 Å². The maximum absolute atomic E-state index is 12.8. The molecule has 1 atom stereocenters. The van der Waals surface area contributed by atoms with Crippen LogP contribution in [0.4, 0.5) is 4.79 Å². The van der Waals surface area contributed by atoms with E-state index in [1.54, 1.807) is 39.0 Å². The number of amides is 1. The lowest BCUT2D eigenvalue weighted by Crippen LogP contribution is -2.46. The second-order valence-corrected chi connectivity index (χ2v) is 9.83. The highest BCUT2D eigenvalue weighted by Gasteiger charge is 2.31. The first-order valence-corrected chi connectivity index (χ1v) is 11.7. The van der Waals surface area contributed by atoms with Gasteiger partial charge in [0.05, 0.1) is 0 Å². The Hall–Kier alpha value is -3.31. The molecule has 1 amide bonds. The summed E-state index contributed by atoms with van der Waals surface area (Å²) in [6, 6.07) is 22.5. The van der Waals surface area contributed by atoms with Crippen LogP contribution < -0.4 is 5.32 Å². The molecule has 0 radical (unpaired) electrons. The molecule has 1 N–H and O–H groups in total. The molecule has 1 unspecified atom stereocenters. The van der Waals surface area contributed by atoms with E-state index >= 15 is 0 Å². The van der Waals surface area contributed by atoms with Gasteiger partial charge in [-0.25, -0.2) is 9.59 Å². The van der Waals surface area contributed by atoms with E-state index in [-0.39, 0.29) is 18.9 Å². The number of hydrogen-bond donors (Lipinski definition) is 1. The molecule has 1 aliphatic rings. The number of carbonyl (C=O) groups is 2. The van der Waals surface area contributed by atoms with E-state index in [9.17, 15) is 9.59 Å². The summed E-state index contributed by atoms with van der Waals surface area (Å²) in [6.45, 7) is 5.52. The first-order chi connectivity index (χ1) is 16.2. The number of fused-ring (bicyclic) bond motifs is 3. The number of alkyl carbamates (subject to hydrolysis) is 1. The lowest BCUT2D eigenvalue weighted by Gasteiger charge is -2.25. The quantitative estimate of drug-likeness (QED) is 0.433. The van der Waals surface area contributed by atoms with E-state index in [4.69, 9.17) is 21.1 Å². The van der Waals surface area contributed by atoms with Gasteiger partial charge in [-0.3, -0.25) is 0 Å². The molecule has 0 heterocycles. The SMILES string of the molecule is CC(C)(C)OC(=O)C(Cc1cccc(Cl)c1)NC(=O)OCC1c2ccccc2-c2ccccc21. The highest BCUT2D eigenvalue weighted by molar-refractivity contribution is 6.30. The van der Waals surface area contributed by atoms with Gasteiger partial charge >= 0.3 is 12.1 Å². The molecule has 34 heavy (non-hydrogen) atoms. The molecule has 1 aliphatic carbocycles. The van der Waals surface area contributed by atoms with Crippen molar-refractivity contribution in [3.8, 4) is 11.1 Å². The van der Waals surface area contributed by atoms with Crippen LogP contribution in [0.15, 0.2) is 72.8 Å². The van der Waals surface area contributed by atoms with Crippen LogP contribution in [0.3, 0.4) is 0 Å². The molecule has 0 aromatic heterocycles. The molecule has 4 rings (SSSR count). The van der Waals surface area contributed by atoms with Crippen molar-refractivity contribution >= 4 is 23.7 Å². The number of ether oxygens (including phenoxy) is 2. The molecule has 0 bridgehead atoms. The summed E-state index contributed by atoms with van der Waals surface area (Å²) < 4.78 is 11.2. The van der Waals surface area contributed by atoms with Crippen molar-refractivity contribution < 1.29 is 19.1 Å². The van der Waals surface area contributed by atoms with E-state index in [0.29, 0.717) is 5.02 Å². The molecule has 3 aromatic carbocycles. The highest BCUT2D eigenvalue weighted by atomic mass is 35.5. The lowest BCUT2D eigenvalue weighted by atomic mass is 9.98. The van der Waals surface area contributed by atoms with Gasteiger partial charge in [0, 0.05) is 17.4 Å². The fraction of sp³-hybridized carbons (Fsp3) is 0.286. The molecular weight excluding hydrogens is 450 g/mol. The number of hydrogen-bond acceptors (Lipinski definition) is 4. The molecule has 0 saturated heterocycles. The number of nitrogens with one attached hydrogen (secondary N) is 1. The van der Waals surface area contributed by atoms with Crippen molar-refractivity contribution in [2.24, 2.45) is 0 Å². The van der Waals surface area contributed by atoms with Crippen LogP contribution in [0.1, 0.15) is 43.4 Å². The van der Waals surface area contributed by atoms with Gasteiger partial charge in [-0.1, -0.05) is 72.3 Å². The third-order valence-electron chi connectivity index (χ3n) is 5.66. The zero-order chi connectivity index (χ0) is 24.3. The van der Waals surface area contributed by atoms with E-state index in [2.05, 4.69) is 29.6 Å². The molecule has 6 heteroatoms. The zero-order valence-electron chi connectivity index (χ0n) is 19.5. The number of carbonyl (C=O) groups excluding carboxylic acids is 2. The summed E-state index contributed by atoms with van der Waals surface area (Å²) in [4.78, 5) is 25.6. The predicted molar refractivity (Wildman–Crippen MR) is 133 cm³/mol. The van der Waals surface area contributed by atoms with Crippen LogP contribution in [-0.4, -0.2) is 30.3 Å². The fourth-order valence-electron chi connectivity index (χ4n) is 4.25. The average molecular weight is 478 g/mol. The Morgan fingerprint density at radius 1 is 0.941 bits per heavy atom. The zero-order valence-corrected chi connectivity index (χ0v) is 20.3. The van der Waals surface area contributed by atoms with Crippen molar-refractivity contribution in [2.75, 3.05) is 6.61 Å². The second kappa shape index (κ2) is 9.90. The van der Waals surface area contributed by atoms with Crippen molar-refractivity contribution in [1.29, 1.82) is 0 Å². The van der Waals surface area contributed by atoms with Crippen LogP contribution in [0.25, 0.3) is 11.1 Å². The minimum absolute atomic E-state index is 0.0638. The summed E-state index contributed by atoms with van der Waals surface area (Å²) >= 11 is 6.10. The fourth-order valence-corrected chi connectivity index (χ4v) is 4.46. The largest absolute Gasteiger partial charge is 0.458 e. The number of benzene rings is 3. The van der Waals surface area contributed by atoms with Gasteiger partial charge in [-0.15, -0.1) is 0 Å². The Bertz CT molecular complexity index is 1160. The van der Waals surface area contributed by atoms with E-state index in [0.717, 1.165) is 27.8 Å². The first-order valence-electron chi connectivity index (χ1n) is 11.3. The molecule has 5 nitrogen and oxygen atoms in total. The van der Waals surface area contributed by atoms with E-state index in [1.807, 2.05) is 30.3 Å². The molecule has 3 aromatic rings. The van der Waals surface area contributed by atoms with Crippen molar-refractivity contribution in [1.82, 2.24) is 5.32 Å². The summed E-state index contributed by atoms with van der Waals surface area (Å²) in [5.41, 5.74) is 4.67. The van der Waals surface area contributed by atoms with Crippen molar-refractivity contribution in [3.63, 3.8) is 0 Å². The minimum Gasteiger partial charge on any atom is -0.458 e. The van der Waals surface area contributed by atoms with Gasteiger partial charge in [0.15, 0.2) is 0 Å². The Balaban J connectivity index is 1.47. The van der Waals surface area contributed by atoms with Crippen LogP contribution >= 0.6 is 11.6 Å².